The molecular weight excluding hydrogens is 389 g/mol. The number of hydrogen-bond acceptors (Lipinski definition) is 1. The van der Waals surface area contributed by atoms with Gasteiger partial charge >= 0.3 is 0 Å². The Bertz CT molecular complexity index is 663. The number of rotatable bonds is 2. The van der Waals surface area contributed by atoms with E-state index in [0.717, 1.165) is 15.6 Å². The van der Waals surface area contributed by atoms with E-state index in [4.69, 9.17) is 0 Å². The van der Waals surface area contributed by atoms with Crippen LogP contribution in [0.25, 0.3) is 0 Å². The van der Waals surface area contributed by atoms with Gasteiger partial charge in [-0.1, -0.05) is 6.07 Å². The lowest BCUT2D eigenvalue weighted by atomic mass is 10.1. The molecule has 0 saturated heterocycles. The maximum atomic E-state index is 13.2. The fourth-order valence-corrected chi connectivity index (χ4v) is 3.13. The standard InChI is InChI=1S/C15H12Br2FNO/c1-8-5-9(2)14(13(17)6-8)19-15(20)11-7-10(18)3-4-12(11)16/h3-7H,1-2H3,(H,19,20). The van der Waals surface area contributed by atoms with E-state index < -0.39 is 5.82 Å². The largest absolute Gasteiger partial charge is 0.321 e. The van der Waals surface area contributed by atoms with Gasteiger partial charge in [0.25, 0.3) is 5.91 Å². The average molecular weight is 401 g/mol. The summed E-state index contributed by atoms with van der Waals surface area (Å²) in [6, 6.07) is 7.91. The summed E-state index contributed by atoms with van der Waals surface area (Å²) in [5.41, 5.74) is 2.99. The average Bonchev–Trinajstić information content (AvgIpc) is 2.36. The Balaban J connectivity index is 2.35. The van der Waals surface area contributed by atoms with Crippen molar-refractivity contribution in [3.63, 3.8) is 0 Å². The van der Waals surface area contributed by atoms with Gasteiger partial charge in [0, 0.05) is 8.95 Å². The molecule has 0 heterocycles. The summed E-state index contributed by atoms with van der Waals surface area (Å²) in [4.78, 5) is 12.2. The van der Waals surface area contributed by atoms with Crippen LogP contribution < -0.4 is 5.32 Å². The molecule has 2 rings (SSSR count). The lowest BCUT2D eigenvalue weighted by Gasteiger charge is -2.12. The highest BCUT2D eigenvalue weighted by Crippen LogP contribution is 2.29. The summed E-state index contributed by atoms with van der Waals surface area (Å²) in [7, 11) is 0. The molecule has 0 fully saturated rings. The second kappa shape index (κ2) is 6.06. The Labute approximate surface area is 133 Å². The number of benzene rings is 2. The molecule has 0 spiro atoms. The Morgan fingerprint density at radius 2 is 1.80 bits per heavy atom. The molecule has 5 heteroatoms. The smallest absolute Gasteiger partial charge is 0.256 e. The summed E-state index contributed by atoms with van der Waals surface area (Å²) >= 11 is 6.69. The molecule has 0 aliphatic carbocycles. The van der Waals surface area contributed by atoms with Gasteiger partial charge in [0.1, 0.15) is 5.82 Å². The van der Waals surface area contributed by atoms with Crippen LogP contribution in [0.5, 0.6) is 0 Å². The van der Waals surface area contributed by atoms with E-state index in [1.807, 2.05) is 26.0 Å². The number of carbonyl (C=O) groups excluding carboxylic acids is 1. The van der Waals surface area contributed by atoms with E-state index >= 15 is 0 Å². The molecule has 0 atom stereocenters. The van der Waals surface area contributed by atoms with Crippen LogP contribution in [-0.2, 0) is 0 Å². The Hall–Kier alpha value is -1.20. The van der Waals surface area contributed by atoms with Crippen LogP contribution in [0.15, 0.2) is 39.3 Å². The molecular formula is C15H12Br2FNO. The molecule has 0 unspecified atom stereocenters. The van der Waals surface area contributed by atoms with E-state index in [2.05, 4.69) is 37.2 Å². The zero-order chi connectivity index (χ0) is 14.9. The monoisotopic (exact) mass is 399 g/mol. The lowest BCUT2D eigenvalue weighted by Crippen LogP contribution is -2.14. The number of carbonyl (C=O) groups is 1. The molecule has 0 aromatic heterocycles. The van der Waals surface area contributed by atoms with E-state index in [9.17, 15) is 9.18 Å². The fraction of sp³-hybridized carbons (Fsp3) is 0.133. The van der Waals surface area contributed by atoms with Crippen molar-refractivity contribution in [2.24, 2.45) is 0 Å². The molecule has 0 radical (unpaired) electrons. The summed E-state index contributed by atoms with van der Waals surface area (Å²) < 4.78 is 14.6. The van der Waals surface area contributed by atoms with E-state index in [-0.39, 0.29) is 11.5 Å². The highest BCUT2D eigenvalue weighted by molar-refractivity contribution is 9.11. The van der Waals surface area contributed by atoms with Crippen LogP contribution in [0.4, 0.5) is 10.1 Å². The van der Waals surface area contributed by atoms with Gasteiger partial charge in [-0.2, -0.15) is 0 Å². The number of amides is 1. The Morgan fingerprint density at radius 1 is 1.10 bits per heavy atom. The molecule has 20 heavy (non-hydrogen) atoms. The summed E-state index contributed by atoms with van der Waals surface area (Å²) in [5, 5.41) is 2.81. The predicted molar refractivity (Wildman–Crippen MR) is 85.7 cm³/mol. The van der Waals surface area contributed by atoms with Crippen molar-refractivity contribution in [3.05, 3.63) is 61.8 Å². The molecule has 0 bridgehead atoms. The highest BCUT2D eigenvalue weighted by Gasteiger charge is 2.14. The van der Waals surface area contributed by atoms with Gasteiger partial charge in [-0.15, -0.1) is 0 Å². The first-order chi connectivity index (χ1) is 9.38. The predicted octanol–water partition coefficient (Wildman–Crippen LogP) is 5.22. The van der Waals surface area contributed by atoms with Crippen LogP contribution in [-0.4, -0.2) is 5.91 Å². The van der Waals surface area contributed by atoms with Crippen molar-refractivity contribution in [2.45, 2.75) is 13.8 Å². The van der Waals surface area contributed by atoms with Crippen molar-refractivity contribution in [1.82, 2.24) is 0 Å². The second-order valence-corrected chi connectivity index (χ2v) is 6.23. The minimum absolute atomic E-state index is 0.261. The van der Waals surface area contributed by atoms with Crippen molar-refractivity contribution >= 4 is 43.5 Å². The summed E-state index contributed by atoms with van der Waals surface area (Å²) in [5.74, 6) is -0.804. The molecule has 1 N–H and O–H groups in total. The molecule has 0 aliphatic heterocycles. The summed E-state index contributed by atoms with van der Waals surface area (Å²) in [6.07, 6.45) is 0. The minimum atomic E-state index is -0.446. The summed E-state index contributed by atoms with van der Waals surface area (Å²) in [6.45, 7) is 3.89. The van der Waals surface area contributed by atoms with E-state index in [1.165, 1.54) is 18.2 Å². The Morgan fingerprint density at radius 3 is 2.45 bits per heavy atom. The quantitative estimate of drug-likeness (QED) is 0.735. The third kappa shape index (κ3) is 3.27. The second-order valence-electron chi connectivity index (χ2n) is 4.52. The van der Waals surface area contributed by atoms with Crippen molar-refractivity contribution in [2.75, 3.05) is 5.32 Å². The van der Waals surface area contributed by atoms with Crippen molar-refractivity contribution < 1.29 is 9.18 Å². The van der Waals surface area contributed by atoms with Gasteiger partial charge in [0.2, 0.25) is 0 Å². The molecule has 0 saturated carbocycles. The number of aryl methyl sites for hydroxylation is 2. The number of anilines is 1. The topological polar surface area (TPSA) is 29.1 Å². The normalized spacial score (nSPS) is 10.4. The zero-order valence-electron chi connectivity index (χ0n) is 10.9. The highest BCUT2D eigenvalue weighted by atomic mass is 79.9. The third-order valence-corrected chi connectivity index (χ3v) is 4.16. The van der Waals surface area contributed by atoms with Gasteiger partial charge in [-0.25, -0.2) is 4.39 Å². The molecule has 2 aromatic carbocycles. The molecule has 2 aromatic rings. The first-order valence-corrected chi connectivity index (χ1v) is 7.50. The molecule has 0 aliphatic rings. The molecule has 1 amide bonds. The minimum Gasteiger partial charge on any atom is -0.321 e. The maximum Gasteiger partial charge on any atom is 0.256 e. The van der Waals surface area contributed by atoms with E-state index in [1.54, 1.807) is 0 Å². The van der Waals surface area contributed by atoms with Gasteiger partial charge < -0.3 is 5.32 Å². The van der Waals surface area contributed by atoms with Gasteiger partial charge in [0.05, 0.1) is 11.3 Å². The van der Waals surface area contributed by atoms with Crippen molar-refractivity contribution in [3.8, 4) is 0 Å². The maximum absolute atomic E-state index is 13.2. The van der Waals surface area contributed by atoms with Crippen LogP contribution in [0.3, 0.4) is 0 Å². The number of halogens is 3. The van der Waals surface area contributed by atoms with Crippen LogP contribution in [0.1, 0.15) is 21.5 Å². The van der Waals surface area contributed by atoms with E-state index in [0.29, 0.717) is 10.2 Å². The number of hydrogen-bond donors (Lipinski definition) is 1. The van der Waals surface area contributed by atoms with Gasteiger partial charge in [-0.05, 0) is 81.1 Å². The SMILES string of the molecule is Cc1cc(C)c(NC(=O)c2cc(F)ccc2Br)c(Br)c1. The van der Waals surface area contributed by atoms with Gasteiger partial charge in [-0.3, -0.25) is 4.79 Å². The van der Waals surface area contributed by atoms with Crippen LogP contribution >= 0.6 is 31.9 Å². The van der Waals surface area contributed by atoms with Gasteiger partial charge in [0.15, 0.2) is 0 Å². The lowest BCUT2D eigenvalue weighted by molar-refractivity contribution is 0.102. The first-order valence-electron chi connectivity index (χ1n) is 5.91. The third-order valence-electron chi connectivity index (χ3n) is 2.84. The fourth-order valence-electron chi connectivity index (χ4n) is 1.93. The Kier molecular flexibility index (Phi) is 4.60. The number of nitrogens with one attached hydrogen (secondary N) is 1. The zero-order valence-corrected chi connectivity index (χ0v) is 14.1. The van der Waals surface area contributed by atoms with Crippen LogP contribution in [0.2, 0.25) is 0 Å². The first kappa shape index (κ1) is 15.2. The van der Waals surface area contributed by atoms with Crippen LogP contribution in [0, 0.1) is 19.7 Å². The molecule has 2 nitrogen and oxygen atoms in total. The molecule has 104 valence electrons. The van der Waals surface area contributed by atoms with Crippen molar-refractivity contribution in [1.29, 1.82) is 0 Å².